The minimum absolute atomic E-state index is 0.588. The van der Waals surface area contributed by atoms with Crippen LogP contribution in [0.4, 0.5) is 5.82 Å². The van der Waals surface area contributed by atoms with Crippen molar-refractivity contribution in [1.29, 1.82) is 0 Å². The third-order valence-corrected chi connectivity index (χ3v) is 3.77. The fourth-order valence-corrected chi connectivity index (χ4v) is 2.91. The van der Waals surface area contributed by atoms with Gasteiger partial charge in [-0.2, -0.15) is 0 Å². The topological polar surface area (TPSA) is 28.2 Å². The number of nitrogens with zero attached hydrogens (tertiary/aromatic N) is 2. The molecule has 1 aliphatic heterocycles. The summed E-state index contributed by atoms with van der Waals surface area (Å²) in [6.07, 6.45) is 4.13. The number of hydrogen-bond donors (Lipinski definition) is 1. The zero-order chi connectivity index (χ0) is 13.0. The van der Waals surface area contributed by atoms with Crippen LogP contribution in [-0.2, 0) is 0 Å². The Bertz CT molecular complexity index is 398. The minimum Gasteiger partial charge on any atom is -0.355 e. The van der Waals surface area contributed by atoms with E-state index in [0.717, 1.165) is 32.0 Å². The quantitative estimate of drug-likeness (QED) is 0.922. The van der Waals surface area contributed by atoms with Crippen molar-refractivity contribution in [3.05, 3.63) is 22.3 Å². The molecule has 0 amide bonds. The molecule has 1 unspecified atom stereocenters. The summed E-state index contributed by atoms with van der Waals surface area (Å²) in [7, 11) is 0. The van der Waals surface area contributed by atoms with Gasteiger partial charge in [-0.3, -0.25) is 0 Å². The first-order valence-corrected chi connectivity index (χ1v) is 7.23. The molecule has 1 fully saturated rings. The SMILES string of the molecule is CCNCC1CCCN(c2ncc(Cl)cc2Cl)C1. The second-order valence-electron chi connectivity index (χ2n) is 4.72. The van der Waals surface area contributed by atoms with Crippen molar-refractivity contribution in [3.8, 4) is 0 Å². The van der Waals surface area contributed by atoms with Gasteiger partial charge in [-0.1, -0.05) is 30.1 Å². The van der Waals surface area contributed by atoms with Crippen LogP contribution in [0.5, 0.6) is 0 Å². The predicted octanol–water partition coefficient (Wildman–Crippen LogP) is 3.21. The van der Waals surface area contributed by atoms with Crippen molar-refractivity contribution < 1.29 is 0 Å². The van der Waals surface area contributed by atoms with Gasteiger partial charge in [0.15, 0.2) is 0 Å². The Morgan fingerprint density at radius 2 is 2.33 bits per heavy atom. The van der Waals surface area contributed by atoms with E-state index in [4.69, 9.17) is 23.2 Å². The standard InChI is InChI=1S/C13H19Cl2N3/c1-2-16-7-10-4-3-5-18(9-10)13-12(15)6-11(14)8-17-13/h6,8,10,16H,2-5,7,9H2,1H3. The lowest BCUT2D eigenvalue weighted by Crippen LogP contribution is -2.40. The highest BCUT2D eigenvalue weighted by Crippen LogP contribution is 2.29. The number of rotatable bonds is 4. The molecule has 0 bridgehead atoms. The normalized spacial score (nSPS) is 20.2. The summed E-state index contributed by atoms with van der Waals surface area (Å²) in [5, 5.41) is 4.65. The number of anilines is 1. The van der Waals surface area contributed by atoms with E-state index in [2.05, 4.69) is 22.1 Å². The van der Waals surface area contributed by atoms with Crippen LogP contribution in [0.3, 0.4) is 0 Å². The first-order valence-electron chi connectivity index (χ1n) is 6.47. The number of hydrogen-bond acceptors (Lipinski definition) is 3. The molecule has 1 aliphatic rings. The van der Waals surface area contributed by atoms with Gasteiger partial charge in [0.2, 0.25) is 0 Å². The first kappa shape index (κ1) is 13.9. The molecule has 100 valence electrons. The summed E-state index contributed by atoms with van der Waals surface area (Å²) in [4.78, 5) is 6.63. The van der Waals surface area contributed by atoms with Crippen molar-refractivity contribution in [2.24, 2.45) is 5.92 Å². The molecule has 1 saturated heterocycles. The molecule has 0 spiro atoms. The second kappa shape index (κ2) is 6.60. The van der Waals surface area contributed by atoms with E-state index in [-0.39, 0.29) is 0 Å². The molecule has 2 heterocycles. The highest BCUT2D eigenvalue weighted by molar-refractivity contribution is 6.36. The first-order chi connectivity index (χ1) is 8.70. The molecule has 0 aromatic carbocycles. The van der Waals surface area contributed by atoms with Gasteiger partial charge in [0.25, 0.3) is 0 Å². The molecule has 2 rings (SSSR count). The summed E-state index contributed by atoms with van der Waals surface area (Å²) >= 11 is 12.1. The predicted molar refractivity (Wildman–Crippen MR) is 77.7 cm³/mol. The van der Waals surface area contributed by atoms with Crippen molar-refractivity contribution in [1.82, 2.24) is 10.3 Å². The molecule has 3 nitrogen and oxygen atoms in total. The maximum Gasteiger partial charge on any atom is 0.147 e. The Morgan fingerprint density at radius 3 is 3.06 bits per heavy atom. The van der Waals surface area contributed by atoms with Gasteiger partial charge in [-0.05, 0) is 37.9 Å². The zero-order valence-electron chi connectivity index (χ0n) is 10.6. The van der Waals surface area contributed by atoms with E-state index < -0.39 is 0 Å². The highest BCUT2D eigenvalue weighted by atomic mass is 35.5. The van der Waals surface area contributed by atoms with E-state index in [1.54, 1.807) is 12.3 Å². The minimum atomic E-state index is 0.588. The Balaban J connectivity index is 2.03. The van der Waals surface area contributed by atoms with Crippen LogP contribution >= 0.6 is 23.2 Å². The molecule has 0 saturated carbocycles. The number of nitrogens with one attached hydrogen (secondary N) is 1. The number of aromatic nitrogens is 1. The molecule has 1 N–H and O–H groups in total. The van der Waals surface area contributed by atoms with E-state index in [0.29, 0.717) is 16.0 Å². The summed E-state index contributed by atoms with van der Waals surface area (Å²) < 4.78 is 0. The van der Waals surface area contributed by atoms with Gasteiger partial charge in [-0.25, -0.2) is 4.98 Å². The Hall–Kier alpha value is -0.510. The Morgan fingerprint density at radius 1 is 1.50 bits per heavy atom. The van der Waals surface area contributed by atoms with E-state index in [9.17, 15) is 0 Å². The number of halogens is 2. The molecule has 5 heteroatoms. The molecular weight excluding hydrogens is 269 g/mol. The zero-order valence-corrected chi connectivity index (χ0v) is 12.1. The van der Waals surface area contributed by atoms with Crippen LogP contribution < -0.4 is 10.2 Å². The maximum absolute atomic E-state index is 6.21. The molecule has 0 radical (unpaired) electrons. The molecule has 18 heavy (non-hydrogen) atoms. The number of pyridine rings is 1. The lowest BCUT2D eigenvalue weighted by molar-refractivity contribution is 0.394. The van der Waals surface area contributed by atoms with Crippen LogP contribution in [0.25, 0.3) is 0 Å². The summed E-state index contributed by atoms with van der Waals surface area (Å²) in [5.41, 5.74) is 0. The molecule has 1 aromatic rings. The van der Waals surface area contributed by atoms with Crippen LogP contribution in [0.2, 0.25) is 10.0 Å². The van der Waals surface area contributed by atoms with E-state index in [1.165, 1.54) is 12.8 Å². The van der Waals surface area contributed by atoms with Gasteiger partial charge < -0.3 is 10.2 Å². The summed E-state index contributed by atoms with van der Waals surface area (Å²) in [6.45, 7) is 6.27. The van der Waals surface area contributed by atoms with Crippen LogP contribution in [0.1, 0.15) is 19.8 Å². The second-order valence-corrected chi connectivity index (χ2v) is 5.56. The summed E-state index contributed by atoms with van der Waals surface area (Å²) in [5.74, 6) is 1.54. The number of piperidine rings is 1. The van der Waals surface area contributed by atoms with Gasteiger partial charge in [-0.15, -0.1) is 0 Å². The van der Waals surface area contributed by atoms with Gasteiger partial charge >= 0.3 is 0 Å². The average molecular weight is 288 g/mol. The lowest BCUT2D eigenvalue weighted by atomic mass is 9.98. The van der Waals surface area contributed by atoms with Crippen molar-refractivity contribution in [2.75, 3.05) is 31.1 Å². The Kier molecular flexibility index (Phi) is 5.10. The fraction of sp³-hybridized carbons (Fsp3) is 0.615. The van der Waals surface area contributed by atoms with Crippen molar-refractivity contribution in [3.63, 3.8) is 0 Å². The largest absolute Gasteiger partial charge is 0.355 e. The fourth-order valence-electron chi connectivity index (χ4n) is 2.41. The van der Waals surface area contributed by atoms with Crippen molar-refractivity contribution in [2.45, 2.75) is 19.8 Å². The smallest absolute Gasteiger partial charge is 0.147 e. The van der Waals surface area contributed by atoms with Crippen LogP contribution in [0.15, 0.2) is 12.3 Å². The third kappa shape index (κ3) is 3.50. The van der Waals surface area contributed by atoms with Crippen molar-refractivity contribution >= 4 is 29.0 Å². The third-order valence-electron chi connectivity index (χ3n) is 3.29. The van der Waals surface area contributed by atoms with Gasteiger partial charge in [0, 0.05) is 19.3 Å². The molecule has 1 atom stereocenters. The van der Waals surface area contributed by atoms with Gasteiger partial charge in [0.05, 0.1) is 10.0 Å². The molecule has 0 aliphatic carbocycles. The maximum atomic E-state index is 6.21. The van der Waals surface area contributed by atoms with Gasteiger partial charge in [0.1, 0.15) is 5.82 Å². The van der Waals surface area contributed by atoms with E-state index in [1.807, 2.05) is 0 Å². The molecular formula is C13H19Cl2N3. The summed E-state index contributed by atoms with van der Waals surface area (Å²) in [6, 6.07) is 1.76. The average Bonchev–Trinajstić information content (AvgIpc) is 2.36. The van der Waals surface area contributed by atoms with Crippen LogP contribution in [-0.4, -0.2) is 31.2 Å². The van der Waals surface area contributed by atoms with E-state index >= 15 is 0 Å². The Labute approximate surface area is 118 Å². The molecule has 1 aromatic heterocycles. The lowest BCUT2D eigenvalue weighted by Gasteiger charge is -2.34. The van der Waals surface area contributed by atoms with Crippen LogP contribution in [0, 0.1) is 5.92 Å². The highest BCUT2D eigenvalue weighted by Gasteiger charge is 2.22. The monoisotopic (exact) mass is 287 g/mol.